The van der Waals surface area contributed by atoms with Gasteiger partial charge in [0.05, 0.1) is 6.10 Å². The zero-order chi connectivity index (χ0) is 11.7. The van der Waals surface area contributed by atoms with E-state index in [1.165, 1.54) is 25.8 Å². The second-order valence-corrected chi connectivity index (χ2v) is 6.07. The monoisotopic (exact) mass is 225 g/mol. The lowest BCUT2D eigenvalue weighted by atomic mass is 9.76. The molecule has 0 aliphatic carbocycles. The summed E-state index contributed by atoms with van der Waals surface area (Å²) in [6.07, 6.45) is 4.43. The van der Waals surface area contributed by atoms with Crippen LogP contribution in [0.1, 0.15) is 47.0 Å². The van der Waals surface area contributed by atoms with Gasteiger partial charge in [-0.25, -0.2) is 0 Å². The van der Waals surface area contributed by atoms with Gasteiger partial charge in [0.15, 0.2) is 0 Å². The minimum Gasteiger partial charge on any atom is -0.378 e. The summed E-state index contributed by atoms with van der Waals surface area (Å²) in [7, 11) is 0. The van der Waals surface area contributed by atoms with Gasteiger partial charge < -0.3 is 4.74 Å². The Kier molecular flexibility index (Phi) is 3.91. The summed E-state index contributed by atoms with van der Waals surface area (Å²) >= 11 is 0. The summed E-state index contributed by atoms with van der Waals surface area (Å²) in [4.78, 5) is 2.71. The van der Waals surface area contributed by atoms with Crippen molar-refractivity contribution in [3.05, 3.63) is 0 Å². The third kappa shape index (κ3) is 2.28. The lowest BCUT2D eigenvalue weighted by molar-refractivity contribution is -0.109. The molecule has 0 saturated carbocycles. The average molecular weight is 225 g/mol. The van der Waals surface area contributed by atoms with Crippen LogP contribution in [-0.4, -0.2) is 36.2 Å². The number of ether oxygens (including phenoxy) is 1. The Bertz CT molecular complexity index is 227. The highest BCUT2D eigenvalue weighted by atomic mass is 16.5. The standard InChI is InChI=1S/C14H27NO/c1-10(2)14-12-6-5-9-16-13(12)7-8-15(14)11(3)4/h10-14H,5-9H2,1-4H3. The molecule has 0 bridgehead atoms. The fourth-order valence-electron chi connectivity index (χ4n) is 3.70. The molecule has 2 rings (SSSR count). The van der Waals surface area contributed by atoms with Gasteiger partial charge in [-0.05, 0) is 39.0 Å². The SMILES string of the molecule is CC(C)C1C2CCCOC2CCN1C(C)C. The molecule has 0 aromatic heterocycles. The number of hydrogen-bond donors (Lipinski definition) is 0. The van der Waals surface area contributed by atoms with Crippen molar-refractivity contribution < 1.29 is 4.74 Å². The van der Waals surface area contributed by atoms with E-state index in [1.807, 2.05) is 0 Å². The van der Waals surface area contributed by atoms with Gasteiger partial charge in [0, 0.05) is 31.2 Å². The molecule has 16 heavy (non-hydrogen) atoms. The van der Waals surface area contributed by atoms with Crippen molar-refractivity contribution >= 4 is 0 Å². The van der Waals surface area contributed by atoms with E-state index >= 15 is 0 Å². The molecule has 0 aromatic rings. The van der Waals surface area contributed by atoms with Crippen LogP contribution in [0.15, 0.2) is 0 Å². The van der Waals surface area contributed by atoms with Crippen molar-refractivity contribution in [1.82, 2.24) is 4.90 Å². The molecule has 0 spiro atoms. The Morgan fingerprint density at radius 3 is 2.50 bits per heavy atom. The molecule has 2 heterocycles. The number of piperidine rings is 1. The zero-order valence-corrected chi connectivity index (χ0v) is 11.3. The Morgan fingerprint density at radius 2 is 1.88 bits per heavy atom. The lowest BCUT2D eigenvalue weighted by Gasteiger charge is -2.50. The summed E-state index contributed by atoms with van der Waals surface area (Å²) in [6.45, 7) is 11.6. The molecule has 0 aromatic carbocycles. The van der Waals surface area contributed by atoms with Crippen molar-refractivity contribution in [1.29, 1.82) is 0 Å². The topological polar surface area (TPSA) is 12.5 Å². The molecule has 0 N–H and O–H groups in total. The van der Waals surface area contributed by atoms with E-state index in [2.05, 4.69) is 32.6 Å². The van der Waals surface area contributed by atoms with Crippen LogP contribution in [0.4, 0.5) is 0 Å². The minimum atomic E-state index is 0.552. The van der Waals surface area contributed by atoms with Gasteiger partial charge in [-0.15, -0.1) is 0 Å². The van der Waals surface area contributed by atoms with Crippen molar-refractivity contribution in [2.75, 3.05) is 13.2 Å². The second kappa shape index (κ2) is 5.05. The van der Waals surface area contributed by atoms with Crippen LogP contribution in [0.2, 0.25) is 0 Å². The number of nitrogens with zero attached hydrogens (tertiary/aromatic N) is 1. The Morgan fingerprint density at radius 1 is 1.12 bits per heavy atom. The number of rotatable bonds is 2. The van der Waals surface area contributed by atoms with Crippen LogP contribution in [0.5, 0.6) is 0 Å². The summed E-state index contributed by atoms with van der Waals surface area (Å²) in [5, 5.41) is 0. The molecule has 2 aliphatic rings. The average Bonchev–Trinajstić information content (AvgIpc) is 2.27. The first-order chi connectivity index (χ1) is 7.61. The Labute approximate surface area is 100 Å². The largest absolute Gasteiger partial charge is 0.378 e. The van der Waals surface area contributed by atoms with Gasteiger partial charge in [0.1, 0.15) is 0 Å². The molecular weight excluding hydrogens is 198 g/mol. The van der Waals surface area contributed by atoms with Gasteiger partial charge in [-0.2, -0.15) is 0 Å². The highest BCUT2D eigenvalue weighted by molar-refractivity contribution is 4.94. The predicted molar refractivity (Wildman–Crippen MR) is 67.5 cm³/mol. The summed E-state index contributed by atoms with van der Waals surface area (Å²) in [5.41, 5.74) is 0. The fourth-order valence-corrected chi connectivity index (χ4v) is 3.70. The fraction of sp³-hybridized carbons (Fsp3) is 1.00. The van der Waals surface area contributed by atoms with Gasteiger partial charge in [-0.1, -0.05) is 13.8 Å². The maximum absolute atomic E-state index is 5.96. The first-order valence-corrected chi connectivity index (χ1v) is 6.98. The maximum Gasteiger partial charge on any atom is 0.0630 e. The number of likely N-dealkylation sites (tertiary alicyclic amines) is 1. The number of fused-ring (bicyclic) bond motifs is 1. The molecule has 2 heteroatoms. The molecule has 0 radical (unpaired) electrons. The van der Waals surface area contributed by atoms with Crippen molar-refractivity contribution in [3.63, 3.8) is 0 Å². The van der Waals surface area contributed by atoms with Gasteiger partial charge >= 0.3 is 0 Å². The molecule has 3 atom stereocenters. The summed E-state index contributed by atoms with van der Waals surface area (Å²) in [5.74, 6) is 1.53. The molecular formula is C14H27NO. The van der Waals surface area contributed by atoms with Gasteiger partial charge in [0.2, 0.25) is 0 Å². The van der Waals surface area contributed by atoms with E-state index in [1.54, 1.807) is 0 Å². The maximum atomic E-state index is 5.96. The summed E-state index contributed by atoms with van der Waals surface area (Å²) in [6, 6.07) is 1.41. The predicted octanol–water partition coefficient (Wildman–Crippen LogP) is 2.92. The first-order valence-electron chi connectivity index (χ1n) is 6.98. The Hall–Kier alpha value is -0.0800. The number of hydrogen-bond acceptors (Lipinski definition) is 2. The van der Waals surface area contributed by atoms with Crippen LogP contribution in [0.25, 0.3) is 0 Å². The highest BCUT2D eigenvalue weighted by Crippen LogP contribution is 2.37. The minimum absolute atomic E-state index is 0.552. The van der Waals surface area contributed by atoms with Crippen LogP contribution in [-0.2, 0) is 4.74 Å². The first kappa shape index (κ1) is 12.4. The van der Waals surface area contributed by atoms with Crippen LogP contribution >= 0.6 is 0 Å². The molecule has 3 unspecified atom stereocenters. The van der Waals surface area contributed by atoms with E-state index in [9.17, 15) is 0 Å². The van der Waals surface area contributed by atoms with Crippen molar-refractivity contribution in [2.45, 2.75) is 65.1 Å². The highest BCUT2D eigenvalue weighted by Gasteiger charge is 2.41. The van der Waals surface area contributed by atoms with E-state index in [-0.39, 0.29) is 0 Å². The van der Waals surface area contributed by atoms with Gasteiger partial charge in [-0.3, -0.25) is 4.90 Å². The lowest BCUT2D eigenvalue weighted by Crippen LogP contribution is -2.57. The van der Waals surface area contributed by atoms with Crippen LogP contribution in [0, 0.1) is 11.8 Å². The van der Waals surface area contributed by atoms with E-state index in [0.717, 1.165) is 24.5 Å². The van der Waals surface area contributed by atoms with Crippen LogP contribution in [0.3, 0.4) is 0 Å². The molecule has 2 saturated heterocycles. The molecule has 0 amide bonds. The van der Waals surface area contributed by atoms with Crippen LogP contribution < -0.4 is 0 Å². The van der Waals surface area contributed by atoms with Crippen molar-refractivity contribution in [2.24, 2.45) is 11.8 Å². The van der Waals surface area contributed by atoms with E-state index in [4.69, 9.17) is 4.74 Å². The smallest absolute Gasteiger partial charge is 0.0630 e. The van der Waals surface area contributed by atoms with E-state index in [0.29, 0.717) is 12.1 Å². The van der Waals surface area contributed by atoms with Crippen molar-refractivity contribution in [3.8, 4) is 0 Å². The summed E-state index contributed by atoms with van der Waals surface area (Å²) < 4.78 is 5.96. The normalized spacial score (nSPS) is 36.8. The third-order valence-corrected chi connectivity index (χ3v) is 4.33. The molecule has 2 fully saturated rings. The van der Waals surface area contributed by atoms with Gasteiger partial charge in [0.25, 0.3) is 0 Å². The zero-order valence-electron chi connectivity index (χ0n) is 11.3. The quantitative estimate of drug-likeness (QED) is 0.716. The molecule has 2 nitrogen and oxygen atoms in total. The molecule has 2 aliphatic heterocycles. The van der Waals surface area contributed by atoms with E-state index < -0.39 is 0 Å². The third-order valence-electron chi connectivity index (χ3n) is 4.33. The second-order valence-electron chi connectivity index (χ2n) is 6.07. The Balaban J connectivity index is 2.14. The molecule has 94 valence electrons.